The minimum absolute atomic E-state index is 0.124. The van der Waals surface area contributed by atoms with Crippen LogP contribution in [0.5, 0.6) is 0 Å². The van der Waals surface area contributed by atoms with Crippen molar-refractivity contribution in [3.05, 3.63) is 63.6 Å². The van der Waals surface area contributed by atoms with Gasteiger partial charge in [0.15, 0.2) is 0 Å². The van der Waals surface area contributed by atoms with Crippen molar-refractivity contribution in [1.82, 2.24) is 5.32 Å². The molecule has 0 bridgehead atoms. The number of halogens is 2. The molecule has 0 aliphatic heterocycles. The van der Waals surface area contributed by atoms with Crippen molar-refractivity contribution in [2.45, 2.75) is 13.5 Å². The zero-order valence-electron chi connectivity index (χ0n) is 11.6. The van der Waals surface area contributed by atoms with E-state index in [9.17, 15) is 4.79 Å². The molecule has 0 heterocycles. The first-order valence-electron chi connectivity index (χ1n) is 6.56. The van der Waals surface area contributed by atoms with Gasteiger partial charge < -0.3 is 10.6 Å². The average Bonchev–Trinajstić information content (AvgIpc) is 2.43. The summed E-state index contributed by atoms with van der Waals surface area (Å²) >= 11 is 11.7. The number of anilines is 1. The van der Waals surface area contributed by atoms with Crippen LogP contribution in [0.4, 0.5) is 5.69 Å². The number of rotatable bonds is 5. The molecule has 21 heavy (non-hydrogen) atoms. The molecule has 0 saturated heterocycles. The highest BCUT2D eigenvalue weighted by molar-refractivity contribution is 6.42. The second-order valence-corrected chi connectivity index (χ2v) is 5.58. The maximum absolute atomic E-state index is 11.8. The van der Waals surface area contributed by atoms with Gasteiger partial charge in [0.25, 0.3) is 0 Å². The molecule has 2 aromatic rings. The van der Waals surface area contributed by atoms with Crippen molar-refractivity contribution in [2.75, 3.05) is 11.9 Å². The van der Waals surface area contributed by atoms with E-state index in [1.165, 1.54) is 5.56 Å². The van der Waals surface area contributed by atoms with E-state index in [1.807, 2.05) is 25.1 Å². The smallest absolute Gasteiger partial charge is 0.238 e. The topological polar surface area (TPSA) is 41.1 Å². The number of carbonyl (C=O) groups excluding carboxylic acids is 1. The van der Waals surface area contributed by atoms with Gasteiger partial charge >= 0.3 is 0 Å². The Morgan fingerprint density at radius 3 is 2.62 bits per heavy atom. The summed E-state index contributed by atoms with van der Waals surface area (Å²) in [7, 11) is 0. The molecular weight excluding hydrogens is 307 g/mol. The highest BCUT2D eigenvalue weighted by atomic mass is 35.5. The van der Waals surface area contributed by atoms with Gasteiger partial charge in [0, 0.05) is 12.2 Å². The Morgan fingerprint density at radius 2 is 1.90 bits per heavy atom. The molecule has 0 aromatic heterocycles. The number of aryl methyl sites for hydroxylation is 1. The maximum Gasteiger partial charge on any atom is 0.238 e. The Balaban J connectivity index is 1.81. The molecule has 0 aliphatic rings. The van der Waals surface area contributed by atoms with E-state index in [1.54, 1.807) is 18.2 Å². The van der Waals surface area contributed by atoms with E-state index < -0.39 is 0 Å². The standard InChI is InChI=1S/C16H16Cl2N2O/c1-11-3-2-4-12(7-11)9-19-10-16(21)20-13-5-6-14(17)15(18)8-13/h2-8,19H,9-10H2,1H3,(H,20,21). The maximum atomic E-state index is 11.8. The number of hydrogen-bond acceptors (Lipinski definition) is 2. The second kappa shape index (κ2) is 7.46. The van der Waals surface area contributed by atoms with E-state index in [0.29, 0.717) is 22.3 Å². The summed E-state index contributed by atoms with van der Waals surface area (Å²) in [6.07, 6.45) is 0. The van der Waals surface area contributed by atoms with Gasteiger partial charge in [-0.15, -0.1) is 0 Å². The van der Waals surface area contributed by atoms with Gasteiger partial charge in [-0.1, -0.05) is 53.0 Å². The van der Waals surface area contributed by atoms with Crippen LogP contribution >= 0.6 is 23.2 Å². The number of hydrogen-bond donors (Lipinski definition) is 2. The Bertz CT molecular complexity index is 644. The summed E-state index contributed by atoms with van der Waals surface area (Å²) in [6.45, 7) is 2.92. The molecule has 0 unspecified atom stereocenters. The molecule has 0 spiro atoms. The van der Waals surface area contributed by atoms with Gasteiger partial charge in [-0.3, -0.25) is 4.79 Å². The molecule has 0 radical (unpaired) electrons. The van der Waals surface area contributed by atoms with Crippen molar-refractivity contribution in [1.29, 1.82) is 0 Å². The van der Waals surface area contributed by atoms with Crippen LogP contribution in [0.1, 0.15) is 11.1 Å². The van der Waals surface area contributed by atoms with Crippen molar-refractivity contribution >= 4 is 34.8 Å². The van der Waals surface area contributed by atoms with Gasteiger partial charge in [-0.25, -0.2) is 0 Å². The fraction of sp³-hybridized carbons (Fsp3) is 0.188. The molecule has 2 N–H and O–H groups in total. The first-order chi connectivity index (χ1) is 10.0. The lowest BCUT2D eigenvalue weighted by Crippen LogP contribution is -2.27. The van der Waals surface area contributed by atoms with Gasteiger partial charge in [-0.2, -0.15) is 0 Å². The monoisotopic (exact) mass is 322 g/mol. The van der Waals surface area contributed by atoms with Gasteiger partial charge in [-0.05, 0) is 30.7 Å². The quantitative estimate of drug-likeness (QED) is 0.872. The first-order valence-corrected chi connectivity index (χ1v) is 7.31. The lowest BCUT2D eigenvalue weighted by molar-refractivity contribution is -0.115. The summed E-state index contributed by atoms with van der Waals surface area (Å²) in [5.41, 5.74) is 2.98. The van der Waals surface area contributed by atoms with Crippen LogP contribution in [0.15, 0.2) is 42.5 Å². The summed E-state index contributed by atoms with van der Waals surface area (Å²) in [6, 6.07) is 13.2. The molecule has 0 fully saturated rings. The van der Waals surface area contributed by atoms with Crippen molar-refractivity contribution in [2.24, 2.45) is 0 Å². The fourth-order valence-electron chi connectivity index (χ4n) is 1.92. The first kappa shape index (κ1) is 15.8. The minimum atomic E-state index is -0.124. The van der Waals surface area contributed by atoms with E-state index in [4.69, 9.17) is 23.2 Å². The van der Waals surface area contributed by atoms with Crippen LogP contribution in [0, 0.1) is 6.92 Å². The lowest BCUT2D eigenvalue weighted by atomic mass is 10.1. The predicted octanol–water partition coefficient (Wildman–Crippen LogP) is 4.03. The largest absolute Gasteiger partial charge is 0.325 e. The second-order valence-electron chi connectivity index (χ2n) is 4.77. The Labute approximate surface area is 134 Å². The molecule has 1 amide bonds. The summed E-state index contributed by atoms with van der Waals surface area (Å²) in [5, 5.41) is 6.75. The molecule has 110 valence electrons. The Kier molecular flexibility index (Phi) is 5.62. The van der Waals surface area contributed by atoms with Gasteiger partial charge in [0.05, 0.1) is 16.6 Å². The van der Waals surface area contributed by atoms with Crippen LogP contribution in [-0.4, -0.2) is 12.5 Å². The SMILES string of the molecule is Cc1cccc(CNCC(=O)Nc2ccc(Cl)c(Cl)c2)c1. The van der Waals surface area contributed by atoms with Crippen molar-refractivity contribution in [3.63, 3.8) is 0 Å². The van der Waals surface area contributed by atoms with E-state index in [2.05, 4.69) is 16.7 Å². The molecule has 0 saturated carbocycles. The molecule has 0 aliphatic carbocycles. The zero-order valence-corrected chi connectivity index (χ0v) is 13.1. The number of carbonyl (C=O) groups is 1. The number of amides is 1. The van der Waals surface area contributed by atoms with Crippen LogP contribution in [0.25, 0.3) is 0 Å². The zero-order chi connectivity index (χ0) is 15.2. The minimum Gasteiger partial charge on any atom is -0.325 e. The third-order valence-electron chi connectivity index (χ3n) is 2.90. The third kappa shape index (κ3) is 5.05. The fourth-order valence-corrected chi connectivity index (χ4v) is 2.22. The highest BCUT2D eigenvalue weighted by Gasteiger charge is 2.04. The average molecular weight is 323 g/mol. The van der Waals surface area contributed by atoms with E-state index in [-0.39, 0.29) is 12.5 Å². The van der Waals surface area contributed by atoms with Crippen LogP contribution in [-0.2, 0) is 11.3 Å². The normalized spacial score (nSPS) is 10.4. The van der Waals surface area contributed by atoms with E-state index >= 15 is 0 Å². The van der Waals surface area contributed by atoms with Crippen molar-refractivity contribution in [3.8, 4) is 0 Å². The molecule has 0 atom stereocenters. The molecule has 5 heteroatoms. The number of benzene rings is 2. The molecule has 2 rings (SSSR count). The number of nitrogens with one attached hydrogen (secondary N) is 2. The molecule has 2 aromatic carbocycles. The third-order valence-corrected chi connectivity index (χ3v) is 3.64. The Hall–Kier alpha value is -1.55. The lowest BCUT2D eigenvalue weighted by Gasteiger charge is -2.08. The van der Waals surface area contributed by atoms with Crippen LogP contribution < -0.4 is 10.6 Å². The molecule has 3 nitrogen and oxygen atoms in total. The predicted molar refractivity (Wildman–Crippen MR) is 88.0 cm³/mol. The van der Waals surface area contributed by atoms with Gasteiger partial charge in [0.1, 0.15) is 0 Å². The van der Waals surface area contributed by atoms with Crippen LogP contribution in [0.3, 0.4) is 0 Å². The van der Waals surface area contributed by atoms with E-state index in [0.717, 1.165) is 5.56 Å². The highest BCUT2D eigenvalue weighted by Crippen LogP contribution is 2.24. The van der Waals surface area contributed by atoms with Gasteiger partial charge in [0.2, 0.25) is 5.91 Å². The summed E-state index contributed by atoms with van der Waals surface area (Å²) < 4.78 is 0. The molecular formula is C16H16Cl2N2O. The van der Waals surface area contributed by atoms with Crippen molar-refractivity contribution < 1.29 is 4.79 Å². The summed E-state index contributed by atoms with van der Waals surface area (Å²) in [4.78, 5) is 11.8. The van der Waals surface area contributed by atoms with Crippen LogP contribution in [0.2, 0.25) is 10.0 Å². The Morgan fingerprint density at radius 1 is 1.10 bits per heavy atom. The summed E-state index contributed by atoms with van der Waals surface area (Å²) in [5.74, 6) is -0.124.